The normalized spacial score (nSPS) is 13.9. The van der Waals surface area contributed by atoms with Gasteiger partial charge < -0.3 is 9.80 Å². The van der Waals surface area contributed by atoms with Crippen LogP contribution in [-0.4, -0.2) is 29.1 Å². The average Bonchev–Trinajstić information content (AvgIpc) is 3.36. The van der Waals surface area contributed by atoms with Gasteiger partial charge in [0.2, 0.25) is 0 Å². The van der Waals surface area contributed by atoms with Crippen molar-refractivity contribution in [1.29, 1.82) is 0 Å². The zero-order chi connectivity index (χ0) is 28.9. The van der Waals surface area contributed by atoms with Gasteiger partial charge in [-0.3, -0.25) is 0 Å². The maximum Gasteiger partial charge on any atom is 0.103 e. The van der Waals surface area contributed by atoms with E-state index in [1.54, 1.807) is 0 Å². The summed E-state index contributed by atoms with van der Waals surface area (Å²) in [6.07, 6.45) is 45.8. The summed E-state index contributed by atoms with van der Waals surface area (Å²) in [5.74, 6) is 0.688. The lowest BCUT2D eigenvalue weighted by atomic mass is 10.0. The Morgan fingerprint density at radius 2 is 0.600 bits per heavy atom. The largest absolute Gasteiger partial charge is 0.356 e. The van der Waals surface area contributed by atoms with E-state index in [9.17, 15) is 0 Å². The van der Waals surface area contributed by atoms with Gasteiger partial charge in [0.05, 0.1) is 0 Å². The summed E-state index contributed by atoms with van der Waals surface area (Å²) < 4.78 is 0. The van der Waals surface area contributed by atoms with Crippen LogP contribution in [0.5, 0.6) is 0 Å². The first kappa shape index (κ1) is 37.4. The summed E-state index contributed by atoms with van der Waals surface area (Å²) in [4.78, 5) is 5.30. The average molecular weight is 561 g/mol. The van der Waals surface area contributed by atoms with Crippen LogP contribution in [0.15, 0.2) is 12.4 Å². The van der Waals surface area contributed by atoms with Gasteiger partial charge >= 0.3 is 0 Å². The fraction of sp³-hybridized carbons (Fsp3) is 0.947. The fourth-order valence-electron chi connectivity index (χ4n) is 6.70. The molecule has 1 heterocycles. The summed E-state index contributed by atoms with van der Waals surface area (Å²) >= 11 is 0. The van der Waals surface area contributed by atoms with Crippen LogP contribution < -0.4 is 0 Å². The molecule has 0 unspecified atom stereocenters. The summed E-state index contributed by atoms with van der Waals surface area (Å²) in [5, 5.41) is 0. The van der Waals surface area contributed by atoms with E-state index in [-0.39, 0.29) is 0 Å². The molecule has 0 spiro atoms. The molecule has 1 aliphatic rings. The monoisotopic (exact) mass is 561 g/mol. The second-order valence-corrected chi connectivity index (χ2v) is 13.6. The molecule has 0 N–H and O–H groups in total. The van der Waals surface area contributed by atoms with Gasteiger partial charge in [-0.05, 0) is 18.8 Å². The van der Waals surface area contributed by atoms with Crippen molar-refractivity contribution in [1.82, 2.24) is 9.80 Å². The summed E-state index contributed by atoms with van der Waals surface area (Å²) in [6.45, 7) is 11.9. The Labute approximate surface area is 254 Å². The Hall–Kier alpha value is -0.660. The van der Waals surface area contributed by atoms with Crippen LogP contribution in [0.4, 0.5) is 0 Å². The highest BCUT2D eigenvalue weighted by molar-refractivity contribution is 4.98. The molecule has 0 radical (unpaired) electrons. The Bertz CT molecular complexity index is 486. The molecule has 0 aromatic heterocycles. The third-order valence-corrected chi connectivity index (χ3v) is 9.27. The fourth-order valence-corrected chi connectivity index (χ4v) is 6.70. The van der Waals surface area contributed by atoms with Crippen molar-refractivity contribution >= 4 is 0 Å². The van der Waals surface area contributed by atoms with Gasteiger partial charge in [0.15, 0.2) is 0 Å². The minimum atomic E-state index is 0.587. The van der Waals surface area contributed by atoms with E-state index in [0.717, 1.165) is 0 Å². The number of unbranched alkanes of at least 4 members (excludes halogenated alkanes) is 26. The molecular weight excluding hydrogens is 484 g/mol. The first-order valence-corrected chi connectivity index (χ1v) is 18.9. The lowest BCUT2D eigenvalue weighted by Crippen LogP contribution is -2.43. The van der Waals surface area contributed by atoms with E-state index in [4.69, 9.17) is 0 Å². The molecule has 2 heteroatoms. The van der Waals surface area contributed by atoms with Crippen LogP contribution in [0.2, 0.25) is 0 Å². The number of hydrogen-bond donors (Lipinski definition) is 0. The molecule has 0 atom stereocenters. The van der Waals surface area contributed by atoms with Crippen molar-refractivity contribution in [3.05, 3.63) is 12.4 Å². The first-order valence-electron chi connectivity index (χ1n) is 18.9. The molecule has 40 heavy (non-hydrogen) atoms. The van der Waals surface area contributed by atoms with Crippen molar-refractivity contribution in [3.63, 3.8) is 0 Å². The van der Waals surface area contributed by atoms with Gasteiger partial charge in [0, 0.05) is 25.5 Å². The van der Waals surface area contributed by atoms with Crippen molar-refractivity contribution in [3.8, 4) is 0 Å². The smallest absolute Gasteiger partial charge is 0.103 e. The second kappa shape index (κ2) is 28.5. The highest BCUT2D eigenvalue weighted by Gasteiger charge is 2.28. The van der Waals surface area contributed by atoms with Gasteiger partial charge in [-0.2, -0.15) is 0 Å². The zero-order valence-electron chi connectivity index (χ0n) is 28.4. The number of nitrogens with zero attached hydrogens (tertiary/aromatic N) is 2. The SMILES string of the molecule is CCCCCCCCCCCCCCCCN1C=CN(CCCCCCCCCCCCCCCC)C1C(C)C. The molecule has 0 aromatic carbocycles. The Kier molecular flexibility index (Phi) is 26.6. The van der Waals surface area contributed by atoms with E-state index < -0.39 is 0 Å². The van der Waals surface area contributed by atoms with Gasteiger partial charge in [-0.1, -0.05) is 195 Å². The van der Waals surface area contributed by atoms with Gasteiger partial charge in [0.1, 0.15) is 6.17 Å². The molecule has 238 valence electrons. The lowest BCUT2D eigenvalue weighted by Gasteiger charge is -2.36. The molecule has 0 saturated carbocycles. The van der Waals surface area contributed by atoms with Crippen molar-refractivity contribution in [2.75, 3.05) is 13.1 Å². The van der Waals surface area contributed by atoms with Gasteiger partial charge in [-0.25, -0.2) is 0 Å². The van der Waals surface area contributed by atoms with E-state index in [0.29, 0.717) is 12.1 Å². The molecule has 0 amide bonds. The molecule has 0 saturated heterocycles. The molecule has 0 aromatic rings. The van der Waals surface area contributed by atoms with Crippen molar-refractivity contribution in [2.45, 2.75) is 214 Å². The van der Waals surface area contributed by atoms with Crippen LogP contribution in [0.25, 0.3) is 0 Å². The van der Waals surface area contributed by atoms with Gasteiger partial charge in [-0.15, -0.1) is 0 Å². The summed E-state index contributed by atoms with van der Waals surface area (Å²) in [7, 11) is 0. The number of hydrogen-bond acceptors (Lipinski definition) is 2. The molecule has 0 fully saturated rings. The maximum atomic E-state index is 2.65. The van der Waals surface area contributed by atoms with Crippen molar-refractivity contribution in [2.24, 2.45) is 5.92 Å². The highest BCUT2D eigenvalue weighted by Crippen LogP contribution is 2.24. The quantitative estimate of drug-likeness (QED) is 0.0778. The van der Waals surface area contributed by atoms with E-state index in [1.165, 1.54) is 193 Å². The third-order valence-electron chi connectivity index (χ3n) is 9.27. The molecule has 0 aliphatic carbocycles. The van der Waals surface area contributed by atoms with Crippen LogP contribution >= 0.6 is 0 Å². The van der Waals surface area contributed by atoms with E-state index in [2.05, 4.69) is 49.9 Å². The predicted octanol–water partition coefficient (Wildman–Crippen LogP) is 13.0. The molecule has 2 nitrogen and oxygen atoms in total. The standard InChI is InChI=1S/C38H76N2/c1-5-7-9-11-13-15-17-19-21-23-25-27-29-31-33-39-35-36-40(38(39)37(3)4)34-32-30-28-26-24-22-20-18-16-14-12-10-8-6-2/h35-38H,5-34H2,1-4H3. The lowest BCUT2D eigenvalue weighted by molar-refractivity contribution is 0.104. The third kappa shape index (κ3) is 21.1. The zero-order valence-corrected chi connectivity index (χ0v) is 28.4. The van der Waals surface area contributed by atoms with Crippen LogP contribution in [0.3, 0.4) is 0 Å². The minimum absolute atomic E-state index is 0.587. The molecular formula is C38H76N2. The second-order valence-electron chi connectivity index (χ2n) is 13.6. The first-order chi connectivity index (χ1) is 19.7. The molecule has 1 aliphatic heterocycles. The Morgan fingerprint density at radius 1 is 0.375 bits per heavy atom. The predicted molar refractivity (Wildman–Crippen MR) is 182 cm³/mol. The van der Waals surface area contributed by atoms with Gasteiger partial charge in [0.25, 0.3) is 0 Å². The number of rotatable bonds is 31. The maximum absolute atomic E-state index is 2.65. The van der Waals surface area contributed by atoms with Crippen LogP contribution in [0, 0.1) is 5.92 Å². The highest BCUT2D eigenvalue weighted by atomic mass is 15.4. The van der Waals surface area contributed by atoms with E-state index in [1.807, 2.05) is 0 Å². The Morgan fingerprint density at radius 3 is 0.825 bits per heavy atom. The van der Waals surface area contributed by atoms with E-state index >= 15 is 0 Å². The molecule has 1 rings (SSSR count). The minimum Gasteiger partial charge on any atom is -0.356 e. The topological polar surface area (TPSA) is 6.48 Å². The molecule has 0 bridgehead atoms. The summed E-state index contributed by atoms with van der Waals surface area (Å²) in [6, 6.07) is 0. The van der Waals surface area contributed by atoms with Crippen LogP contribution in [0.1, 0.15) is 207 Å². The summed E-state index contributed by atoms with van der Waals surface area (Å²) in [5.41, 5.74) is 0. The van der Waals surface area contributed by atoms with Crippen molar-refractivity contribution < 1.29 is 0 Å². The Balaban J connectivity index is 1.95. The van der Waals surface area contributed by atoms with Crippen LogP contribution in [-0.2, 0) is 0 Å².